The number of sulfone groups is 1. The van der Waals surface area contributed by atoms with Crippen molar-refractivity contribution < 1.29 is 8.42 Å². The fourth-order valence-corrected chi connectivity index (χ4v) is 4.52. The number of nitrogens with zero attached hydrogens (tertiary/aromatic N) is 2. The van der Waals surface area contributed by atoms with Gasteiger partial charge in [0.2, 0.25) is 0 Å². The Bertz CT molecular complexity index is 516. The van der Waals surface area contributed by atoms with Crippen LogP contribution in [0.3, 0.4) is 0 Å². The molecule has 6 heteroatoms. The van der Waals surface area contributed by atoms with E-state index in [0.717, 1.165) is 28.7 Å². The van der Waals surface area contributed by atoms with Gasteiger partial charge in [-0.1, -0.05) is 0 Å². The molecule has 0 amide bonds. The maximum Gasteiger partial charge on any atom is 0.160 e. The Morgan fingerprint density at radius 2 is 2.07 bits per heavy atom. The first kappa shape index (κ1) is 9.84. The van der Waals surface area contributed by atoms with Gasteiger partial charge in [-0.15, -0.1) is 0 Å². The Balaban J connectivity index is 2.03. The topological polar surface area (TPSA) is 52.0 Å². The third kappa shape index (κ3) is 1.45. The maximum atomic E-state index is 11.4. The molecule has 1 fully saturated rings. The lowest BCUT2D eigenvalue weighted by atomic mass is 9.93. The summed E-state index contributed by atoms with van der Waals surface area (Å²) in [7, 11) is -2.92. The van der Waals surface area contributed by atoms with Crippen LogP contribution in [0.4, 0.5) is 0 Å². The van der Waals surface area contributed by atoms with E-state index in [1.54, 1.807) is 0 Å². The summed E-state index contributed by atoms with van der Waals surface area (Å²) in [5, 5.41) is 4.40. The zero-order valence-electron chi connectivity index (χ0n) is 8.11. The van der Waals surface area contributed by atoms with Crippen molar-refractivity contribution in [1.29, 1.82) is 0 Å². The molecule has 0 bridgehead atoms. The average molecular weight is 291 g/mol. The second-order valence-corrected chi connectivity index (χ2v) is 7.09. The first-order valence-electron chi connectivity index (χ1n) is 5.03. The van der Waals surface area contributed by atoms with Gasteiger partial charge < -0.3 is 0 Å². The lowest BCUT2D eigenvalue weighted by Gasteiger charge is -2.26. The molecule has 1 saturated carbocycles. The van der Waals surface area contributed by atoms with Gasteiger partial charge in [0.15, 0.2) is 9.84 Å². The number of aromatic nitrogens is 2. The molecule has 0 atom stereocenters. The van der Waals surface area contributed by atoms with Crippen LogP contribution in [0.2, 0.25) is 0 Å². The zero-order chi connectivity index (χ0) is 10.6. The number of hydrogen-bond donors (Lipinski definition) is 0. The van der Waals surface area contributed by atoms with E-state index < -0.39 is 9.84 Å². The first-order chi connectivity index (χ1) is 7.07. The molecule has 15 heavy (non-hydrogen) atoms. The van der Waals surface area contributed by atoms with E-state index in [9.17, 15) is 8.42 Å². The van der Waals surface area contributed by atoms with Crippen LogP contribution < -0.4 is 0 Å². The van der Waals surface area contributed by atoms with Crippen molar-refractivity contribution in [2.24, 2.45) is 0 Å². The summed E-state index contributed by atoms with van der Waals surface area (Å²) in [6, 6.07) is 0.479. The summed E-state index contributed by atoms with van der Waals surface area (Å²) in [5.74, 6) is 0.260. The Hall–Kier alpha value is -0.360. The molecule has 0 radical (unpaired) electrons. The highest BCUT2D eigenvalue weighted by Gasteiger charge is 2.33. The van der Waals surface area contributed by atoms with E-state index in [2.05, 4.69) is 21.0 Å². The third-order valence-corrected chi connectivity index (χ3v) is 5.45. The molecule has 82 valence electrons. The number of halogens is 1. The Labute approximate surface area is 96.7 Å². The Morgan fingerprint density at radius 1 is 1.33 bits per heavy atom. The van der Waals surface area contributed by atoms with Gasteiger partial charge >= 0.3 is 0 Å². The van der Waals surface area contributed by atoms with Crippen molar-refractivity contribution >= 4 is 25.8 Å². The van der Waals surface area contributed by atoms with Crippen molar-refractivity contribution in [3.63, 3.8) is 0 Å². The number of rotatable bonds is 1. The van der Waals surface area contributed by atoms with E-state index in [1.807, 2.05) is 4.68 Å². The summed E-state index contributed by atoms with van der Waals surface area (Å²) >= 11 is 3.47. The predicted octanol–water partition coefficient (Wildman–Crippen LogP) is 1.80. The lowest BCUT2D eigenvalue weighted by Crippen LogP contribution is -2.19. The summed E-state index contributed by atoms with van der Waals surface area (Å²) in [4.78, 5) is 0. The van der Waals surface area contributed by atoms with E-state index in [-0.39, 0.29) is 11.5 Å². The van der Waals surface area contributed by atoms with Crippen LogP contribution in [0.25, 0.3) is 0 Å². The smallest absolute Gasteiger partial charge is 0.160 e. The summed E-state index contributed by atoms with van der Waals surface area (Å²) in [6.07, 6.45) is 3.57. The van der Waals surface area contributed by atoms with Crippen LogP contribution in [-0.2, 0) is 21.3 Å². The van der Waals surface area contributed by atoms with Crippen molar-refractivity contribution in [2.75, 3.05) is 0 Å². The SMILES string of the molecule is O=S1(=O)Cc2nn(C3CCC3)c(Br)c2C1. The largest absolute Gasteiger partial charge is 0.255 e. The van der Waals surface area contributed by atoms with E-state index in [1.165, 1.54) is 6.42 Å². The third-order valence-electron chi connectivity index (χ3n) is 3.17. The fourth-order valence-electron chi connectivity index (χ4n) is 2.10. The minimum absolute atomic E-state index is 0.112. The van der Waals surface area contributed by atoms with Crippen LogP contribution >= 0.6 is 15.9 Å². The van der Waals surface area contributed by atoms with Crippen molar-refractivity contribution in [1.82, 2.24) is 9.78 Å². The standard InChI is InChI=1S/C9H11BrN2O2S/c10-9-7-4-15(13,14)5-8(7)11-12(9)6-2-1-3-6/h6H,1-5H2. The predicted molar refractivity (Wildman–Crippen MR) is 59.1 cm³/mol. The number of fused-ring (bicyclic) bond motifs is 1. The summed E-state index contributed by atoms with van der Waals surface area (Å²) in [6.45, 7) is 0. The minimum Gasteiger partial charge on any atom is -0.255 e. The highest BCUT2D eigenvalue weighted by atomic mass is 79.9. The molecule has 0 unspecified atom stereocenters. The molecule has 2 aliphatic rings. The van der Waals surface area contributed by atoms with Gasteiger partial charge in [-0.3, -0.25) is 4.68 Å². The molecule has 0 N–H and O–H groups in total. The van der Waals surface area contributed by atoms with Gasteiger partial charge in [0.1, 0.15) is 4.60 Å². The molecule has 1 aromatic rings. The van der Waals surface area contributed by atoms with Gasteiger partial charge in [-0.2, -0.15) is 5.10 Å². The average Bonchev–Trinajstić information content (AvgIpc) is 2.46. The molecule has 1 aromatic heterocycles. The van der Waals surface area contributed by atoms with Gasteiger partial charge in [-0.25, -0.2) is 8.42 Å². The van der Waals surface area contributed by atoms with Crippen LogP contribution in [-0.4, -0.2) is 18.2 Å². The second kappa shape index (κ2) is 3.07. The maximum absolute atomic E-state index is 11.4. The molecule has 0 aromatic carbocycles. The minimum atomic E-state index is -2.92. The van der Waals surface area contributed by atoms with Crippen LogP contribution in [0.1, 0.15) is 36.6 Å². The zero-order valence-corrected chi connectivity index (χ0v) is 10.5. The molecule has 4 nitrogen and oxygen atoms in total. The molecular formula is C9H11BrN2O2S. The Kier molecular flexibility index (Phi) is 2.01. The van der Waals surface area contributed by atoms with E-state index in [0.29, 0.717) is 6.04 Å². The molecule has 1 aliphatic carbocycles. The van der Waals surface area contributed by atoms with Gasteiger partial charge in [0.05, 0.1) is 23.2 Å². The summed E-state index contributed by atoms with van der Waals surface area (Å²) < 4.78 is 25.6. The van der Waals surface area contributed by atoms with Crippen molar-refractivity contribution in [2.45, 2.75) is 36.8 Å². The highest BCUT2D eigenvalue weighted by molar-refractivity contribution is 9.10. The molecular weight excluding hydrogens is 280 g/mol. The molecule has 0 saturated heterocycles. The van der Waals surface area contributed by atoms with Crippen LogP contribution in [0, 0.1) is 0 Å². The second-order valence-electron chi connectivity index (χ2n) is 4.28. The molecule has 0 spiro atoms. The molecule has 2 heterocycles. The first-order valence-corrected chi connectivity index (χ1v) is 7.64. The quantitative estimate of drug-likeness (QED) is 0.792. The van der Waals surface area contributed by atoms with Crippen molar-refractivity contribution in [3.05, 3.63) is 15.9 Å². The molecule has 3 rings (SSSR count). The van der Waals surface area contributed by atoms with Crippen LogP contribution in [0.5, 0.6) is 0 Å². The lowest BCUT2D eigenvalue weighted by molar-refractivity contribution is 0.284. The Morgan fingerprint density at radius 3 is 2.60 bits per heavy atom. The normalized spacial score (nSPS) is 23.8. The van der Waals surface area contributed by atoms with Gasteiger partial charge in [-0.05, 0) is 35.2 Å². The fraction of sp³-hybridized carbons (Fsp3) is 0.667. The number of hydrogen-bond acceptors (Lipinski definition) is 3. The molecule has 1 aliphatic heterocycles. The van der Waals surface area contributed by atoms with E-state index >= 15 is 0 Å². The summed E-state index contributed by atoms with van der Waals surface area (Å²) in [5.41, 5.74) is 1.62. The monoisotopic (exact) mass is 290 g/mol. The van der Waals surface area contributed by atoms with Crippen LogP contribution in [0.15, 0.2) is 4.60 Å². The van der Waals surface area contributed by atoms with Gasteiger partial charge in [0.25, 0.3) is 0 Å². The van der Waals surface area contributed by atoms with Crippen molar-refractivity contribution in [3.8, 4) is 0 Å². The van der Waals surface area contributed by atoms with E-state index in [4.69, 9.17) is 0 Å². The highest BCUT2D eigenvalue weighted by Crippen LogP contribution is 2.38. The van der Waals surface area contributed by atoms with Gasteiger partial charge in [0, 0.05) is 5.56 Å².